The van der Waals surface area contributed by atoms with Crippen LogP contribution >= 0.6 is 0 Å². The molecule has 14 heavy (non-hydrogen) atoms. The highest BCUT2D eigenvalue weighted by Gasteiger charge is 2.36. The Hall–Kier alpha value is -0.160. The maximum Gasteiger partial charge on any atom is 0.121 e. The van der Waals surface area contributed by atoms with E-state index >= 15 is 0 Å². The van der Waals surface area contributed by atoms with Crippen molar-refractivity contribution in [1.29, 1.82) is 0 Å². The SMILES string of the molecule is CC(C)[C@@H]1N[C@H](O)[C@H](C(C)C)N[C@@H]1O. The van der Waals surface area contributed by atoms with E-state index in [1.54, 1.807) is 0 Å². The minimum atomic E-state index is -0.578. The normalized spacial score (nSPS) is 39.4. The van der Waals surface area contributed by atoms with Gasteiger partial charge < -0.3 is 10.2 Å². The summed E-state index contributed by atoms with van der Waals surface area (Å²) in [6, 6.07) is -0.167. The molecule has 1 rings (SSSR count). The van der Waals surface area contributed by atoms with Crippen LogP contribution in [0.25, 0.3) is 0 Å². The van der Waals surface area contributed by atoms with Crippen LogP contribution in [0, 0.1) is 11.8 Å². The number of aliphatic hydroxyl groups is 2. The van der Waals surface area contributed by atoms with Gasteiger partial charge in [0.05, 0.1) is 12.1 Å². The van der Waals surface area contributed by atoms with E-state index in [9.17, 15) is 10.2 Å². The van der Waals surface area contributed by atoms with E-state index < -0.39 is 12.5 Å². The molecule has 1 aliphatic rings. The van der Waals surface area contributed by atoms with Gasteiger partial charge in [0.15, 0.2) is 0 Å². The van der Waals surface area contributed by atoms with Crippen LogP contribution in [0.3, 0.4) is 0 Å². The molecule has 0 unspecified atom stereocenters. The molecule has 84 valence electrons. The van der Waals surface area contributed by atoms with Crippen LogP contribution in [0.2, 0.25) is 0 Å². The molecule has 0 aromatic carbocycles. The molecule has 1 saturated heterocycles. The summed E-state index contributed by atoms with van der Waals surface area (Å²) < 4.78 is 0. The first kappa shape index (κ1) is 11.9. The van der Waals surface area contributed by atoms with Crippen molar-refractivity contribution in [1.82, 2.24) is 10.6 Å². The molecular formula is C10H22N2O2. The zero-order chi connectivity index (χ0) is 10.9. The minimum absolute atomic E-state index is 0.0833. The van der Waals surface area contributed by atoms with Crippen LogP contribution in [0.15, 0.2) is 0 Å². The maximum atomic E-state index is 9.79. The smallest absolute Gasteiger partial charge is 0.121 e. The topological polar surface area (TPSA) is 64.5 Å². The van der Waals surface area contributed by atoms with Crippen molar-refractivity contribution in [2.45, 2.75) is 52.2 Å². The first-order chi connectivity index (χ1) is 6.43. The summed E-state index contributed by atoms with van der Waals surface area (Å²) in [5, 5.41) is 25.7. The van der Waals surface area contributed by atoms with E-state index in [2.05, 4.69) is 10.6 Å². The molecule has 0 spiro atoms. The summed E-state index contributed by atoms with van der Waals surface area (Å²) in [5.41, 5.74) is 0. The van der Waals surface area contributed by atoms with E-state index in [-0.39, 0.29) is 12.1 Å². The molecule has 0 radical (unpaired) electrons. The lowest BCUT2D eigenvalue weighted by molar-refractivity contribution is -0.0538. The number of aliphatic hydroxyl groups excluding tert-OH is 2. The molecule has 0 aromatic rings. The summed E-state index contributed by atoms with van der Waals surface area (Å²) in [5.74, 6) is 0.584. The van der Waals surface area contributed by atoms with Crippen LogP contribution in [0.1, 0.15) is 27.7 Å². The second-order valence-corrected chi connectivity index (χ2v) is 4.76. The van der Waals surface area contributed by atoms with Crippen molar-refractivity contribution >= 4 is 0 Å². The summed E-state index contributed by atoms with van der Waals surface area (Å²) in [6.45, 7) is 8.08. The molecule has 1 heterocycles. The Balaban J connectivity index is 2.62. The highest BCUT2D eigenvalue weighted by atomic mass is 16.3. The largest absolute Gasteiger partial charge is 0.377 e. The third kappa shape index (κ3) is 2.45. The number of piperazine rings is 1. The number of hydrogen-bond acceptors (Lipinski definition) is 4. The van der Waals surface area contributed by atoms with Gasteiger partial charge in [0.25, 0.3) is 0 Å². The molecule has 0 aromatic heterocycles. The summed E-state index contributed by atoms with van der Waals surface area (Å²) >= 11 is 0. The molecular weight excluding hydrogens is 180 g/mol. The molecule has 1 aliphatic heterocycles. The van der Waals surface area contributed by atoms with Gasteiger partial charge in [-0.1, -0.05) is 27.7 Å². The number of nitrogens with one attached hydrogen (secondary N) is 2. The average Bonchev–Trinajstić information content (AvgIpc) is 2.07. The van der Waals surface area contributed by atoms with Gasteiger partial charge in [0.1, 0.15) is 12.5 Å². The predicted octanol–water partition coefficient (Wildman–Crippen LogP) is -0.135. The zero-order valence-electron chi connectivity index (χ0n) is 9.36. The molecule has 0 saturated carbocycles. The Kier molecular flexibility index (Phi) is 3.89. The zero-order valence-corrected chi connectivity index (χ0v) is 9.36. The van der Waals surface area contributed by atoms with Crippen LogP contribution in [0.4, 0.5) is 0 Å². The van der Waals surface area contributed by atoms with Crippen molar-refractivity contribution in [3.8, 4) is 0 Å². The second-order valence-electron chi connectivity index (χ2n) is 4.76. The van der Waals surface area contributed by atoms with Crippen molar-refractivity contribution in [3.63, 3.8) is 0 Å². The quantitative estimate of drug-likeness (QED) is 0.503. The van der Waals surface area contributed by atoms with Crippen LogP contribution in [-0.4, -0.2) is 34.8 Å². The third-order valence-electron chi connectivity index (χ3n) is 2.84. The molecule has 4 atom stereocenters. The second kappa shape index (κ2) is 4.57. The fourth-order valence-corrected chi connectivity index (χ4v) is 1.90. The lowest BCUT2D eigenvalue weighted by Gasteiger charge is -2.42. The Labute approximate surface area is 85.7 Å². The fraction of sp³-hybridized carbons (Fsp3) is 1.00. The number of hydrogen-bond donors (Lipinski definition) is 4. The van der Waals surface area contributed by atoms with Gasteiger partial charge in [0, 0.05) is 0 Å². The Bertz CT molecular complexity index is 165. The predicted molar refractivity (Wildman–Crippen MR) is 55.5 cm³/mol. The number of rotatable bonds is 2. The van der Waals surface area contributed by atoms with E-state index in [1.807, 2.05) is 27.7 Å². The van der Waals surface area contributed by atoms with Gasteiger partial charge >= 0.3 is 0 Å². The standard InChI is InChI=1S/C10H22N2O2/c1-5(2)7-9(13)12-8(6(3)4)10(14)11-7/h5-14H,1-4H3/t7-,8-,9+,10+/m0/s1. The highest BCUT2D eigenvalue weighted by Crippen LogP contribution is 2.16. The first-order valence-corrected chi connectivity index (χ1v) is 5.31. The average molecular weight is 202 g/mol. The molecule has 0 amide bonds. The summed E-state index contributed by atoms with van der Waals surface area (Å²) in [4.78, 5) is 0. The van der Waals surface area contributed by atoms with Crippen LogP contribution in [-0.2, 0) is 0 Å². The Morgan fingerprint density at radius 3 is 1.29 bits per heavy atom. The van der Waals surface area contributed by atoms with Gasteiger partial charge in [-0.2, -0.15) is 0 Å². The highest BCUT2D eigenvalue weighted by molar-refractivity contribution is 4.91. The van der Waals surface area contributed by atoms with E-state index in [0.29, 0.717) is 11.8 Å². The van der Waals surface area contributed by atoms with E-state index in [4.69, 9.17) is 0 Å². The van der Waals surface area contributed by atoms with Crippen LogP contribution < -0.4 is 10.6 Å². The summed E-state index contributed by atoms with van der Waals surface area (Å²) in [7, 11) is 0. The van der Waals surface area contributed by atoms with Crippen LogP contribution in [0.5, 0.6) is 0 Å². The lowest BCUT2D eigenvalue weighted by atomic mass is 9.94. The molecule has 4 N–H and O–H groups in total. The van der Waals surface area contributed by atoms with E-state index in [1.165, 1.54) is 0 Å². The van der Waals surface area contributed by atoms with Gasteiger partial charge in [0.2, 0.25) is 0 Å². The molecule has 1 fully saturated rings. The van der Waals surface area contributed by atoms with Gasteiger partial charge in [-0.15, -0.1) is 0 Å². The van der Waals surface area contributed by atoms with Crippen molar-refractivity contribution in [2.75, 3.05) is 0 Å². The van der Waals surface area contributed by atoms with E-state index in [0.717, 1.165) is 0 Å². The molecule has 0 bridgehead atoms. The molecule has 4 heteroatoms. The Morgan fingerprint density at radius 2 is 1.07 bits per heavy atom. The molecule has 4 nitrogen and oxygen atoms in total. The fourth-order valence-electron chi connectivity index (χ4n) is 1.90. The lowest BCUT2D eigenvalue weighted by Crippen LogP contribution is -2.68. The van der Waals surface area contributed by atoms with Gasteiger partial charge in [-0.3, -0.25) is 10.6 Å². The van der Waals surface area contributed by atoms with Crippen molar-refractivity contribution < 1.29 is 10.2 Å². The van der Waals surface area contributed by atoms with Gasteiger partial charge in [-0.05, 0) is 11.8 Å². The monoisotopic (exact) mass is 202 g/mol. The Morgan fingerprint density at radius 1 is 0.786 bits per heavy atom. The minimum Gasteiger partial charge on any atom is -0.377 e. The van der Waals surface area contributed by atoms with Crippen molar-refractivity contribution in [3.05, 3.63) is 0 Å². The first-order valence-electron chi connectivity index (χ1n) is 5.31. The maximum absolute atomic E-state index is 9.79. The summed E-state index contributed by atoms with van der Waals surface area (Å²) in [6.07, 6.45) is -1.16. The van der Waals surface area contributed by atoms with Gasteiger partial charge in [-0.25, -0.2) is 0 Å². The van der Waals surface area contributed by atoms with Crippen molar-refractivity contribution in [2.24, 2.45) is 11.8 Å². The molecule has 0 aliphatic carbocycles. The third-order valence-corrected chi connectivity index (χ3v) is 2.84.